The molecular weight excluding hydrogens is 290 g/mol. The summed E-state index contributed by atoms with van der Waals surface area (Å²) >= 11 is 0. The average molecular weight is 311 g/mol. The molecule has 2 aromatic rings. The molecule has 2 heterocycles. The summed E-state index contributed by atoms with van der Waals surface area (Å²) in [5.74, 6) is -0.113. The minimum Gasteiger partial charge on any atom is -0.373 e. The zero-order chi connectivity index (χ0) is 16.1. The van der Waals surface area contributed by atoms with Crippen LogP contribution in [0.3, 0.4) is 0 Å². The van der Waals surface area contributed by atoms with Gasteiger partial charge in [-0.25, -0.2) is 0 Å². The van der Waals surface area contributed by atoms with Crippen molar-refractivity contribution in [1.29, 1.82) is 0 Å². The Hall–Kier alpha value is -2.40. The monoisotopic (exact) mass is 311 g/mol. The molecule has 5 nitrogen and oxygen atoms in total. The molecule has 0 aliphatic carbocycles. The molecule has 2 atom stereocenters. The molecule has 1 aromatic carbocycles. The van der Waals surface area contributed by atoms with Crippen LogP contribution in [0.5, 0.6) is 0 Å². The van der Waals surface area contributed by atoms with Crippen LogP contribution < -0.4 is 5.32 Å². The molecule has 0 bridgehead atoms. The fourth-order valence-corrected chi connectivity index (χ4v) is 2.82. The summed E-state index contributed by atoms with van der Waals surface area (Å²) in [5.41, 5.74) is 2.09. The average Bonchev–Trinajstić information content (AvgIpc) is 3.21. The first-order valence-electron chi connectivity index (χ1n) is 7.83. The number of aromatic nitrogens is 2. The van der Waals surface area contributed by atoms with Gasteiger partial charge in [0, 0.05) is 32.0 Å². The number of aryl methyl sites for hydroxylation is 1. The molecule has 3 rings (SSSR count). The van der Waals surface area contributed by atoms with E-state index in [2.05, 4.69) is 10.4 Å². The van der Waals surface area contributed by atoms with E-state index in [-0.39, 0.29) is 17.9 Å². The van der Waals surface area contributed by atoms with Crippen LogP contribution in [-0.4, -0.2) is 28.8 Å². The number of ether oxygens (including phenoxy) is 1. The van der Waals surface area contributed by atoms with Crippen LogP contribution in [-0.2, 0) is 16.6 Å². The third-order valence-corrected chi connectivity index (χ3v) is 3.99. The predicted molar refractivity (Wildman–Crippen MR) is 88.5 cm³/mol. The summed E-state index contributed by atoms with van der Waals surface area (Å²) < 4.78 is 7.46. The molecule has 0 saturated carbocycles. The summed E-state index contributed by atoms with van der Waals surface area (Å²) in [7, 11) is 1.86. The van der Waals surface area contributed by atoms with Crippen LogP contribution >= 0.6 is 0 Å². The number of amides is 1. The van der Waals surface area contributed by atoms with Gasteiger partial charge in [0.05, 0.1) is 18.2 Å². The maximum absolute atomic E-state index is 12.4. The predicted octanol–water partition coefficient (Wildman–Crippen LogP) is 2.33. The van der Waals surface area contributed by atoms with Crippen LogP contribution in [0, 0.1) is 5.92 Å². The number of rotatable bonds is 5. The van der Waals surface area contributed by atoms with E-state index in [4.69, 9.17) is 4.74 Å². The molecular formula is C18H21N3O2. The van der Waals surface area contributed by atoms with Crippen molar-refractivity contribution < 1.29 is 9.53 Å². The van der Waals surface area contributed by atoms with E-state index in [0.717, 1.165) is 17.5 Å². The lowest BCUT2D eigenvalue weighted by atomic mass is 9.96. The van der Waals surface area contributed by atoms with Crippen molar-refractivity contribution >= 4 is 12.0 Å². The Morgan fingerprint density at radius 3 is 3.00 bits per heavy atom. The molecule has 0 unspecified atom stereocenters. The van der Waals surface area contributed by atoms with Crippen molar-refractivity contribution in [2.24, 2.45) is 13.0 Å². The molecule has 1 fully saturated rings. The van der Waals surface area contributed by atoms with Crippen molar-refractivity contribution in [3.63, 3.8) is 0 Å². The van der Waals surface area contributed by atoms with Gasteiger partial charge in [-0.15, -0.1) is 0 Å². The summed E-state index contributed by atoms with van der Waals surface area (Å²) in [6.07, 6.45) is 8.19. The van der Waals surface area contributed by atoms with Crippen molar-refractivity contribution in [1.82, 2.24) is 15.1 Å². The minimum atomic E-state index is -0.193. The quantitative estimate of drug-likeness (QED) is 0.922. The second-order valence-electron chi connectivity index (χ2n) is 5.69. The Labute approximate surface area is 136 Å². The lowest BCUT2D eigenvalue weighted by Gasteiger charge is -2.16. The molecule has 120 valence electrons. The summed E-state index contributed by atoms with van der Waals surface area (Å²) in [4.78, 5) is 12.4. The number of nitrogens with zero attached hydrogens (tertiary/aromatic N) is 2. The first-order valence-corrected chi connectivity index (χ1v) is 7.83. The molecule has 1 saturated heterocycles. The summed E-state index contributed by atoms with van der Waals surface area (Å²) in [5, 5.41) is 7.13. The van der Waals surface area contributed by atoms with Crippen molar-refractivity contribution in [2.75, 3.05) is 13.2 Å². The minimum absolute atomic E-state index is 0.0362. The van der Waals surface area contributed by atoms with Crippen molar-refractivity contribution in [3.05, 3.63) is 59.9 Å². The van der Waals surface area contributed by atoms with Gasteiger partial charge < -0.3 is 10.1 Å². The van der Waals surface area contributed by atoms with Gasteiger partial charge in [0.2, 0.25) is 5.91 Å². The highest BCUT2D eigenvalue weighted by atomic mass is 16.5. The topological polar surface area (TPSA) is 56.1 Å². The van der Waals surface area contributed by atoms with Gasteiger partial charge in [-0.05, 0) is 12.0 Å². The molecule has 0 radical (unpaired) electrons. The molecule has 0 spiro atoms. The third kappa shape index (κ3) is 3.87. The van der Waals surface area contributed by atoms with Crippen LogP contribution in [0.4, 0.5) is 0 Å². The van der Waals surface area contributed by atoms with Gasteiger partial charge in [-0.1, -0.05) is 42.5 Å². The van der Waals surface area contributed by atoms with Gasteiger partial charge in [0.1, 0.15) is 0 Å². The number of nitrogens with one attached hydrogen (secondary N) is 1. The van der Waals surface area contributed by atoms with E-state index in [0.29, 0.717) is 13.2 Å². The van der Waals surface area contributed by atoms with Gasteiger partial charge in [-0.2, -0.15) is 5.10 Å². The Kier molecular flexibility index (Phi) is 4.88. The van der Waals surface area contributed by atoms with Crippen molar-refractivity contribution in [3.8, 4) is 0 Å². The largest absolute Gasteiger partial charge is 0.373 e. The summed E-state index contributed by atoms with van der Waals surface area (Å²) in [6, 6.07) is 10.0. The van der Waals surface area contributed by atoms with Crippen LogP contribution in [0.1, 0.15) is 23.7 Å². The van der Waals surface area contributed by atoms with Gasteiger partial charge in [0.25, 0.3) is 0 Å². The maximum atomic E-state index is 12.4. The second-order valence-corrected chi connectivity index (χ2v) is 5.69. The van der Waals surface area contributed by atoms with Crippen LogP contribution in [0.2, 0.25) is 0 Å². The van der Waals surface area contributed by atoms with Crippen LogP contribution in [0.25, 0.3) is 6.08 Å². The Balaban J connectivity index is 1.54. The highest BCUT2D eigenvalue weighted by Gasteiger charge is 2.35. The van der Waals surface area contributed by atoms with E-state index >= 15 is 0 Å². The van der Waals surface area contributed by atoms with E-state index in [1.165, 1.54) is 0 Å². The van der Waals surface area contributed by atoms with E-state index < -0.39 is 0 Å². The maximum Gasteiger partial charge on any atom is 0.226 e. The number of carbonyl (C=O) groups is 1. The molecule has 5 heteroatoms. The standard InChI is InChI=1S/C18H21N3O2/c1-21-13-15(12-20-21)17-16(9-11-23-17)18(22)19-10-5-8-14-6-3-2-4-7-14/h2-8,12-13,16-17H,9-11H2,1H3,(H,19,22)/b8-5+/t16-,17+/m0/s1. The first-order chi connectivity index (χ1) is 11.2. The molecule has 1 amide bonds. The van der Waals surface area contributed by atoms with E-state index in [1.54, 1.807) is 10.9 Å². The number of carbonyl (C=O) groups excluding carboxylic acids is 1. The normalized spacial score (nSPS) is 20.9. The number of benzene rings is 1. The number of hydrogen-bond donors (Lipinski definition) is 1. The molecule has 1 aliphatic rings. The van der Waals surface area contributed by atoms with E-state index in [1.807, 2.05) is 55.7 Å². The van der Waals surface area contributed by atoms with Gasteiger partial charge >= 0.3 is 0 Å². The fraction of sp³-hybridized carbons (Fsp3) is 0.333. The van der Waals surface area contributed by atoms with Gasteiger partial charge in [0.15, 0.2) is 0 Å². The second kappa shape index (κ2) is 7.24. The third-order valence-electron chi connectivity index (χ3n) is 3.99. The van der Waals surface area contributed by atoms with Crippen LogP contribution in [0.15, 0.2) is 48.8 Å². The summed E-state index contributed by atoms with van der Waals surface area (Å²) in [6.45, 7) is 1.13. The highest BCUT2D eigenvalue weighted by Crippen LogP contribution is 2.34. The zero-order valence-electron chi connectivity index (χ0n) is 13.2. The van der Waals surface area contributed by atoms with Crippen molar-refractivity contribution in [2.45, 2.75) is 12.5 Å². The SMILES string of the molecule is Cn1cc([C@H]2OCC[C@@H]2C(=O)NC/C=C/c2ccccc2)cn1. The molecule has 1 aliphatic heterocycles. The smallest absolute Gasteiger partial charge is 0.226 e. The Morgan fingerprint density at radius 2 is 2.26 bits per heavy atom. The molecule has 1 aromatic heterocycles. The van der Waals surface area contributed by atoms with E-state index in [9.17, 15) is 4.79 Å². The molecule has 23 heavy (non-hydrogen) atoms. The lowest BCUT2D eigenvalue weighted by Crippen LogP contribution is -2.32. The Bertz CT molecular complexity index is 679. The highest BCUT2D eigenvalue weighted by molar-refractivity contribution is 5.80. The number of hydrogen-bond acceptors (Lipinski definition) is 3. The van der Waals surface area contributed by atoms with Gasteiger partial charge in [-0.3, -0.25) is 9.48 Å². The zero-order valence-corrected chi connectivity index (χ0v) is 13.2. The lowest BCUT2D eigenvalue weighted by molar-refractivity contribution is -0.126. The molecule has 1 N–H and O–H groups in total. The first kappa shape index (κ1) is 15.5. The Morgan fingerprint density at radius 1 is 1.43 bits per heavy atom. The fourth-order valence-electron chi connectivity index (χ4n) is 2.82.